The topological polar surface area (TPSA) is 75.6 Å². The number of aliphatic carboxylic acids is 1. The summed E-state index contributed by atoms with van der Waals surface area (Å²) in [5, 5.41) is 11.3. The summed E-state index contributed by atoms with van der Waals surface area (Å²) in [7, 11) is 0. The number of carbonyl (C=O) groups excluding carboxylic acids is 1. The SMILES string of the molecule is CC(CNC(=O)COC1CCCCC1C)C(=O)O. The summed E-state index contributed by atoms with van der Waals surface area (Å²) >= 11 is 0. The van der Waals surface area contributed by atoms with Crippen molar-refractivity contribution in [1.82, 2.24) is 5.32 Å². The Labute approximate surface area is 108 Å². The van der Waals surface area contributed by atoms with Crippen LogP contribution in [-0.2, 0) is 14.3 Å². The van der Waals surface area contributed by atoms with E-state index < -0.39 is 11.9 Å². The van der Waals surface area contributed by atoms with Crippen molar-refractivity contribution in [2.75, 3.05) is 13.2 Å². The number of carboxylic acid groups (broad SMARTS) is 1. The molecule has 0 aromatic carbocycles. The van der Waals surface area contributed by atoms with E-state index in [2.05, 4.69) is 12.2 Å². The maximum Gasteiger partial charge on any atom is 0.308 e. The fourth-order valence-electron chi connectivity index (χ4n) is 2.12. The quantitative estimate of drug-likeness (QED) is 0.754. The van der Waals surface area contributed by atoms with Crippen LogP contribution in [0.25, 0.3) is 0 Å². The van der Waals surface area contributed by atoms with Crippen LogP contribution in [-0.4, -0.2) is 36.2 Å². The van der Waals surface area contributed by atoms with Crippen LogP contribution < -0.4 is 5.32 Å². The second-order valence-corrected chi connectivity index (χ2v) is 5.15. The molecule has 0 bridgehead atoms. The highest BCUT2D eigenvalue weighted by Crippen LogP contribution is 2.25. The third-order valence-corrected chi connectivity index (χ3v) is 3.49. The van der Waals surface area contributed by atoms with E-state index >= 15 is 0 Å². The Balaban J connectivity index is 2.18. The number of carbonyl (C=O) groups is 2. The summed E-state index contributed by atoms with van der Waals surface area (Å²) in [4.78, 5) is 22.1. The number of carboxylic acids is 1. The number of amides is 1. The van der Waals surface area contributed by atoms with E-state index in [-0.39, 0.29) is 25.2 Å². The lowest BCUT2D eigenvalue weighted by atomic mass is 9.88. The van der Waals surface area contributed by atoms with Gasteiger partial charge in [-0.15, -0.1) is 0 Å². The summed E-state index contributed by atoms with van der Waals surface area (Å²) in [6.45, 7) is 3.89. The van der Waals surface area contributed by atoms with Gasteiger partial charge in [-0.05, 0) is 18.8 Å². The summed E-state index contributed by atoms with van der Waals surface area (Å²) in [6, 6.07) is 0. The minimum absolute atomic E-state index is 0.0291. The molecule has 0 aliphatic heterocycles. The van der Waals surface area contributed by atoms with E-state index in [0.717, 1.165) is 19.3 Å². The Morgan fingerprint density at radius 1 is 1.39 bits per heavy atom. The standard InChI is InChI=1S/C13H23NO4/c1-9-5-3-4-6-11(9)18-8-12(15)14-7-10(2)13(16)17/h9-11H,3-8H2,1-2H3,(H,14,15)(H,16,17). The van der Waals surface area contributed by atoms with Crippen LogP contribution in [0.3, 0.4) is 0 Å². The second-order valence-electron chi connectivity index (χ2n) is 5.15. The summed E-state index contributed by atoms with van der Waals surface area (Å²) in [6.07, 6.45) is 4.74. The van der Waals surface area contributed by atoms with Gasteiger partial charge < -0.3 is 15.2 Å². The van der Waals surface area contributed by atoms with Crippen LogP contribution in [0.2, 0.25) is 0 Å². The Kier molecular flexibility index (Phi) is 6.12. The molecule has 3 atom stereocenters. The van der Waals surface area contributed by atoms with E-state index in [4.69, 9.17) is 9.84 Å². The molecule has 0 saturated heterocycles. The zero-order valence-corrected chi connectivity index (χ0v) is 11.1. The minimum atomic E-state index is -0.905. The summed E-state index contributed by atoms with van der Waals surface area (Å²) in [5.74, 6) is -1.20. The third-order valence-electron chi connectivity index (χ3n) is 3.49. The van der Waals surface area contributed by atoms with Gasteiger partial charge in [0.2, 0.25) is 5.91 Å². The van der Waals surface area contributed by atoms with Crippen LogP contribution in [0, 0.1) is 11.8 Å². The largest absolute Gasteiger partial charge is 0.481 e. The van der Waals surface area contributed by atoms with Gasteiger partial charge in [-0.1, -0.05) is 26.7 Å². The maximum absolute atomic E-state index is 11.5. The van der Waals surface area contributed by atoms with Crippen molar-refractivity contribution in [3.8, 4) is 0 Å². The molecule has 1 saturated carbocycles. The number of hydrogen-bond acceptors (Lipinski definition) is 3. The van der Waals surface area contributed by atoms with Crippen molar-refractivity contribution in [2.45, 2.75) is 45.6 Å². The van der Waals surface area contributed by atoms with Crippen LogP contribution >= 0.6 is 0 Å². The molecule has 2 N–H and O–H groups in total. The Bertz CT molecular complexity index is 293. The Hall–Kier alpha value is -1.10. The van der Waals surface area contributed by atoms with Gasteiger partial charge in [-0.2, -0.15) is 0 Å². The van der Waals surface area contributed by atoms with Gasteiger partial charge in [-0.25, -0.2) is 0 Å². The highest BCUT2D eigenvalue weighted by atomic mass is 16.5. The summed E-state index contributed by atoms with van der Waals surface area (Å²) in [5.41, 5.74) is 0. The molecule has 0 spiro atoms. The molecule has 0 radical (unpaired) electrons. The fourth-order valence-corrected chi connectivity index (χ4v) is 2.12. The van der Waals surface area contributed by atoms with E-state index in [1.54, 1.807) is 6.92 Å². The van der Waals surface area contributed by atoms with Crippen molar-refractivity contribution in [1.29, 1.82) is 0 Å². The van der Waals surface area contributed by atoms with E-state index in [9.17, 15) is 9.59 Å². The Morgan fingerprint density at radius 3 is 2.67 bits per heavy atom. The van der Waals surface area contributed by atoms with Gasteiger partial charge in [0.15, 0.2) is 0 Å². The monoisotopic (exact) mass is 257 g/mol. The van der Waals surface area contributed by atoms with Gasteiger partial charge in [0.1, 0.15) is 6.61 Å². The number of rotatable bonds is 6. The smallest absolute Gasteiger partial charge is 0.308 e. The molecule has 3 unspecified atom stereocenters. The zero-order chi connectivity index (χ0) is 13.5. The first-order chi connectivity index (χ1) is 8.50. The van der Waals surface area contributed by atoms with Gasteiger partial charge in [-0.3, -0.25) is 9.59 Å². The molecular weight excluding hydrogens is 234 g/mol. The highest BCUT2D eigenvalue weighted by molar-refractivity contribution is 5.78. The van der Waals surface area contributed by atoms with E-state index in [0.29, 0.717) is 5.92 Å². The molecule has 0 heterocycles. The van der Waals surface area contributed by atoms with Gasteiger partial charge in [0.05, 0.1) is 12.0 Å². The highest BCUT2D eigenvalue weighted by Gasteiger charge is 2.22. The summed E-state index contributed by atoms with van der Waals surface area (Å²) < 4.78 is 5.59. The first-order valence-electron chi connectivity index (χ1n) is 6.61. The normalized spacial score (nSPS) is 25.4. The lowest BCUT2D eigenvalue weighted by molar-refractivity contribution is -0.141. The van der Waals surface area contributed by atoms with Crippen molar-refractivity contribution in [3.63, 3.8) is 0 Å². The molecule has 1 rings (SSSR count). The predicted octanol–water partition coefficient (Wildman–Crippen LogP) is 1.42. The van der Waals surface area contributed by atoms with Crippen molar-refractivity contribution in [2.24, 2.45) is 11.8 Å². The third kappa shape index (κ3) is 5.04. The number of ether oxygens (including phenoxy) is 1. The lowest BCUT2D eigenvalue weighted by Gasteiger charge is -2.28. The molecule has 0 aromatic heterocycles. The van der Waals surface area contributed by atoms with Gasteiger partial charge >= 0.3 is 5.97 Å². The van der Waals surface area contributed by atoms with E-state index in [1.165, 1.54) is 6.42 Å². The zero-order valence-electron chi connectivity index (χ0n) is 11.1. The molecule has 1 aliphatic rings. The van der Waals surface area contributed by atoms with Crippen LogP contribution in [0.4, 0.5) is 0 Å². The van der Waals surface area contributed by atoms with E-state index in [1.807, 2.05) is 0 Å². The number of nitrogens with one attached hydrogen (secondary N) is 1. The predicted molar refractivity (Wildman–Crippen MR) is 67.2 cm³/mol. The van der Waals surface area contributed by atoms with Crippen molar-refractivity contribution >= 4 is 11.9 Å². The fraction of sp³-hybridized carbons (Fsp3) is 0.846. The maximum atomic E-state index is 11.5. The molecule has 1 aliphatic carbocycles. The number of hydrogen-bond donors (Lipinski definition) is 2. The molecule has 0 aromatic rings. The average Bonchev–Trinajstić information content (AvgIpc) is 2.34. The van der Waals surface area contributed by atoms with Crippen LogP contribution in [0.15, 0.2) is 0 Å². The molecule has 1 amide bonds. The second kappa shape index (κ2) is 7.36. The van der Waals surface area contributed by atoms with Gasteiger partial charge in [0, 0.05) is 6.54 Å². The van der Waals surface area contributed by atoms with Crippen molar-refractivity contribution in [3.05, 3.63) is 0 Å². The molecule has 1 fully saturated rings. The van der Waals surface area contributed by atoms with Crippen LogP contribution in [0.5, 0.6) is 0 Å². The van der Waals surface area contributed by atoms with Crippen LogP contribution in [0.1, 0.15) is 39.5 Å². The molecule has 104 valence electrons. The lowest BCUT2D eigenvalue weighted by Crippen LogP contribution is -2.36. The first-order valence-corrected chi connectivity index (χ1v) is 6.61. The Morgan fingerprint density at radius 2 is 2.06 bits per heavy atom. The molecule has 18 heavy (non-hydrogen) atoms. The average molecular weight is 257 g/mol. The molecule has 5 nitrogen and oxygen atoms in total. The minimum Gasteiger partial charge on any atom is -0.481 e. The van der Waals surface area contributed by atoms with Crippen molar-refractivity contribution < 1.29 is 19.4 Å². The van der Waals surface area contributed by atoms with Gasteiger partial charge in [0.25, 0.3) is 0 Å². The molecule has 5 heteroatoms. The molecular formula is C13H23NO4. The first kappa shape index (κ1) is 15.0.